The zero-order valence-electron chi connectivity index (χ0n) is 13.9. The first-order valence-corrected chi connectivity index (χ1v) is 10.4. The van der Waals surface area contributed by atoms with Gasteiger partial charge in [0.15, 0.2) is 0 Å². The number of carboxylic acid groups (broad SMARTS) is 1. The van der Waals surface area contributed by atoms with Crippen molar-refractivity contribution in [1.29, 1.82) is 0 Å². The molecule has 134 valence electrons. The van der Waals surface area contributed by atoms with Gasteiger partial charge in [-0.05, 0) is 38.7 Å². The molecule has 1 saturated carbocycles. The van der Waals surface area contributed by atoms with Crippen LogP contribution in [-0.2, 0) is 14.8 Å². The number of nitrogens with zero attached hydrogens (tertiary/aromatic N) is 1. The highest BCUT2D eigenvalue weighted by Crippen LogP contribution is 2.46. The van der Waals surface area contributed by atoms with Gasteiger partial charge >= 0.3 is 5.97 Å². The number of rotatable bonds is 5. The predicted molar refractivity (Wildman–Crippen MR) is 90.6 cm³/mol. The van der Waals surface area contributed by atoms with Crippen molar-refractivity contribution in [1.82, 2.24) is 4.31 Å². The summed E-state index contributed by atoms with van der Waals surface area (Å²) in [5, 5.41) is 20.1. The summed E-state index contributed by atoms with van der Waals surface area (Å²) in [6.07, 6.45) is 1.40. The van der Waals surface area contributed by atoms with Gasteiger partial charge in [0, 0.05) is 22.8 Å². The number of carbonyl (C=O) groups is 1. The molecule has 2 atom stereocenters. The minimum Gasteiger partial charge on any atom is -0.481 e. The van der Waals surface area contributed by atoms with Crippen molar-refractivity contribution in [3.05, 3.63) is 15.8 Å². The van der Waals surface area contributed by atoms with Crippen molar-refractivity contribution in [3.63, 3.8) is 0 Å². The lowest BCUT2D eigenvalue weighted by molar-refractivity contribution is -0.162. The summed E-state index contributed by atoms with van der Waals surface area (Å²) < 4.78 is 27.3. The van der Waals surface area contributed by atoms with E-state index >= 15 is 0 Å². The number of carboxylic acids is 1. The van der Waals surface area contributed by atoms with Crippen LogP contribution >= 0.6 is 11.3 Å². The molecule has 1 saturated heterocycles. The number of aliphatic carboxylic acids is 1. The molecule has 1 aromatic rings. The highest BCUT2D eigenvalue weighted by atomic mass is 32.2. The number of hydrogen-bond donors (Lipinski definition) is 2. The number of aliphatic hydroxyl groups excluding tert-OH is 1. The summed E-state index contributed by atoms with van der Waals surface area (Å²) in [5.74, 6) is -0.816. The monoisotopic (exact) mass is 373 g/mol. The molecule has 0 radical (unpaired) electrons. The van der Waals surface area contributed by atoms with Gasteiger partial charge in [-0.1, -0.05) is 12.8 Å². The van der Waals surface area contributed by atoms with E-state index in [-0.39, 0.29) is 30.3 Å². The van der Waals surface area contributed by atoms with Crippen molar-refractivity contribution >= 4 is 27.3 Å². The second-order valence-electron chi connectivity index (χ2n) is 7.03. The number of sulfonamides is 1. The van der Waals surface area contributed by atoms with E-state index in [1.807, 2.05) is 6.92 Å². The van der Waals surface area contributed by atoms with Gasteiger partial charge in [0.2, 0.25) is 10.0 Å². The van der Waals surface area contributed by atoms with E-state index in [2.05, 4.69) is 0 Å². The van der Waals surface area contributed by atoms with Crippen LogP contribution in [0.25, 0.3) is 0 Å². The largest absolute Gasteiger partial charge is 0.481 e. The van der Waals surface area contributed by atoms with Gasteiger partial charge in [-0.2, -0.15) is 4.31 Å². The van der Waals surface area contributed by atoms with Crippen LogP contribution < -0.4 is 0 Å². The van der Waals surface area contributed by atoms with Crippen LogP contribution in [-0.4, -0.2) is 48.1 Å². The van der Waals surface area contributed by atoms with Crippen LogP contribution in [0.5, 0.6) is 0 Å². The van der Waals surface area contributed by atoms with Crippen LogP contribution in [0.3, 0.4) is 0 Å². The molecule has 0 spiro atoms. The van der Waals surface area contributed by atoms with Gasteiger partial charge in [-0.3, -0.25) is 4.79 Å². The molecule has 2 heterocycles. The Kier molecular flexibility index (Phi) is 4.53. The van der Waals surface area contributed by atoms with Gasteiger partial charge in [-0.25, -0.2) is 8.42 Å². The first kappa shape index (κ1) is 17.8. The van der Waals surface area contributed by atoms with E-state index in [1.54, 1.807) is 13.0 Å². The molecule has 0 unspecified atom stereocenters. The Morgan fingerprint density at radius 2 is 2.04 bits per heavy atom. The first-order valence-electron chi connectivity index (χ1n) is 8.15. The quantitative estimate of drug-likeness (QED) is 0.823. The first-order chi connectivity index (χ1) is 11.2. The fourth-order valence-corrected chi connectivity index (χ4v) is 6.63. The maximum Gasteiger partial charge on any atom is 0.313 e. The van der Waals surface area contributed by atoms with E-state index in [0.29, 0.717) is 11.3 Å². The second-order valence-corrected chi connectivity index (χ2v) is 10.4. The lowest BCUT2D eigenvalue weighted by Crippen LogP contribution is -2.57. The molecule has 1 aromatic heterocycles. The molecule has 2 aliphatic rings. The van der Waals surface area contributed by atoms with E-state index < -0.39 is 27.5 Å². The Morgan fingerprint density at radius 1 is 1.38 bits per heavy atom. The predicted octanol–water partition coefficient (Wildman–Crippen LogP) is 1.99. The summed E-state index contributed by atoms with van der Waals surface area (Å²) in [6, 6.07) is 1.64. The normalized spacial score (nSPS) is 28.9. The summed E-state index contributed by atoms with van der Waals surface area (Å²) in [5.41, 5.74) is -1.40. The Bertz CT molecular complexity index is 753. The van der Waals surface area contributed by atoms with E-state index in [0.717, 1.165) is 17.7 Å². The minimum atomic E-state index is -3.75. The Morgan fingerprint density at radius 3 is 2.54 bits per heavy atom. The lowest BCUT2D eigenvalue weighted by atomic mass is 9.74. The molecule has 1 aliphatic heterocycles. The third-order valence-electron chi connectivity index (χ3n) is 5.14. The fraction of sp³-hybridized carbons (Fsp3) is 0.688. The number of hydrogen-bond acceptors (Lipinski definition) is 5. The van der Waals surface area contributed by atoms with Crippen LogP contribution in [0.4, 0.5) is 0 Å². The number of thiophene rings is 1. The van der Waals surface area contributed by atoms with Gasteiger partial charge in [0.1, 0.15) is 5.41 Å². The molecule has 0 amide bonds. The van der Waals surface area contributed by atoms with Crippen molar-refractivity contribution in [2.75, 3.05) is 13.1 Å². The van der Waals surface area contributed by atoms with Crippen LogP contribution in [0.1, 0.15) is 35.4 Å². The van der Waals surface area contributed by atoms with Gasteiger partial charge in [0.25, 0.3) is 0 Å². The van der Waals surface area contributed by atoms with E-state index in [4.69, 9.17) is 0 Å². The topological polar surface area (TPSA) is 94.9 Å². The standard InChI is InChI=1S/C16H23NO5S2/c1-10-7-13(11(2)23-10)24(21,22)17-6-5-14(18)16(9-17,15(19)20)8-12-3-4-12/h7,12,14,18H,3-6,8-9H2,1-2H3,(H,19,20)/t14-,16-/m0/s1. The Hall–Kier alpha value is -0.960. The SMILES string of the molecule is Cc1cc(S(=O)(=O)N2CC[C@H](O)[C@@](CC3CC3)(C(=O)O)C2)c(C)s1. The fourth-order valence-electron chi connectivity index (χ4n) is 3.58. The number of aliphatic hydroxyl groups is 1. The second kappa shape index (κ2) is 6.09. The van der Waals surface area contributed by atoms with Gasteiger partial charge in [-0.15, -0.1) is 11.3 Å². The Balaban J connectivity index is 1.94. The molecule has 6 nitrogen and oxygen atoms in total. The highest BCUT2D eigenvalue weighted by molar-refractivity contribution is 7.89. The molecule has 8 heteroatoms. The summed E-state index contributed by atoms with van der Waals surface area (Å²) in [7, 11) is -3.75. The Labute approximate surface area is 146 Å². The van der Waals surface area contributed by atoms with Crippen LogP contribution in [0.2, 0.25) is 0 Å². The number of aryl methyl sites for hydroxylation is 2. The van der Waals surface area contributed by atoms with Crippen LogP contribution in [0.15, 0.2) is 11.0 Å². The smallest absolute Gasteiger partial charge is 0.313 e. The molecule has 2 fully saturated rings. The highest BCUT2D eigenvalue weighted by Gasteiger charge is 2.53. The van der Waals surface area contributed by atoms with Crippen molar-refractivity contribution < 1.29 is 23.4 Å². The molecule has 0 bridgehead atoms. The van der Waals surface area contributed by atoms with Crippen molar-refractivity contribution in [3.8, 4) is 0 Å². The molecule has 3 rings (SSSR count). The van der Waals surface area contributed by atoms with Crippen molar-refractivity contribution in [2.45, 2.75) is 50.5 Å². The maximum absolute atomic E-state index is 13.0. The average molecular weight is 373 g/mol. The van der Waals surface area contributed by atoms with Gasteiger partial charge < -0.3 is 10.2 Å². The summed E-state index contributed by atoms with van der Waals surface area (Å²) in [4.78, 5) is 13.8. The molecule has 1 aliphatic carbocycles. The molecular weight excluding hydrogens is 350 g/mol. The number of piperidine rings is 1. The third-order valence-corrected chi connectivity index (χ3v) is 8.20. The van der Waals surface area contributed by atoms with Crippen molar-refractivity contribution in [2.24, 2.45) is 11.3 Å². The average Bonchev–Trinajstić information content (AvgIpc) is 3.23. The molecule has 2 N–H and O–H groups in total. The lowest BCUT2D eigenvalue weighted by Gasteiger charge is -2.42. The maximum atomic E-state index is 13.0. The molecular formula is C16H23NO5S2. The molecule has 0 aromatic carbocycles. The summed E-state index contributed by atoms with van der Waals surface area (Å²) in [6.45, 7) is 3.61. The van der Waals surface area contributed by atoms with E-state index in [9.17, 15) is 23.4 Å². The third kappa shape index (κ3) is 3.00. The van der Waals surface area contributed by atoms with E-state index in [1.165, 1.54) is 15.6 Å². The van der Waals surface area contributed by atoms with Gasteiger partial charge in [0.05, 0.1) is 11.0 Å². The minimum absolute atomic E-state index is 0.150. The molecule has 24 heavy (non-hydrogen) atoms. The zero-order chi connectivity index (χ0) is 17.7. The zero-order valence-corrected chi connectivity index (χ0v) is 15.5. The summed E-state index contributed by atoms with van der Waals surface area (Å²) >= 11 is 1.42. The van der Waals surface area contributed by atoms with Crippen LogP contribution in [0, 0.1) is 25.2 Å².